The number of rotatable bonds is 3. The van der Waals surface area contributed by atoms with Crippen molar-refractivity contribution in [3.63, 3.8) is 0 Å². The molecule has 2 aliphatic rings. The van der Waals surface area contributed by atoms with E-state index in [2.05, 4.69) is 19.2 Å². The topological polar surface area (TPSA) is 83.3 Å². The average molecular weight is 430 g/mol. The van der Waals surface area contributed by atoms with Gasteiger partial charge in [-0.05, 0) is 53.8 Å². The van der Waals surface area contributed by atoms with E-state index >= 15 is 0 Å². The molecular weight excluding hydrogens is 402 g/mol. The molecule has 0 saturated carbocycles. The van der Waals surface area contributed by atoms with Crippen molar-refractivity contribution in [2.75, 3.05) is 24.3 Å². The Bertz CT molecular complexity index is 1220. The highest BCUT2D eigenvalue weighted by Gasteiger charge is 2.41. The molecule has 0 saturated heterocycles. The van der Waals surface area contributed by atoms with Crippen molar-refractivity contribution in [2.45, 2.75) is 32.7 Å². The number of phenols is 1. The van der Waals surface area contributed by atoms with E-state index in [1.807, 2.05) is 55.4 Å². The quantitative estimate of drug-likeness (QED) is 0.643. The molecule has 2 aromatic carbocycles. The lowest BCUT2D eigenvalue weighted by Crippen LogP contribution is -2.36. The number of nitrogens with one attached hydrogen (secondary N) is 1. The van der Waals surface area contributed by atoms with Crippen molar-refractivity contribution >= 4 is 17.4 Å². The molecule has 0 fully saturated rings. The summed E-state index contributed by atoms with van der Waals surface area (Å²) in [5.74, 6) is 1.54. The van der Waals surface area contributed by atoms with E-state index in [0.29, 0.717) is 18.2 Å². The van der Waals surface area contributed by atoms with Crippen LogP contribution in [0.3, 0.4) is 0 Å². The maximum absolute atomic E-state index is 13.3. The number of benzene rings is 2. The molecule has 0 bridgehead atoms. The van der Waals surface area contributed by atoms with Gasteiger partial charge >= 0.3 is 0 Å². The summed E-state index contributed by atoms with van der Waals surface area (Å²) in [7, 11) is 4.01. The molecule has 164 valence electrons. The molecule has 5 rings (SSSR count). The van der Waals surface area contributed by atoms with E-state index < -0.39 is 0 Å². The summed E-state index contributed by atoms with van der Waals surface area (Å²) < 4.78 is 1.80. The molecule has 0 spiro atoms. The SMILES string of the molecule is CN(C)c1ccc(-c2nc3n(n2)C(c2ccc(O)cc2)C2=C(CC(C)(C)CC2=O)N3)cc1. The smallest absolute Gasteiger partial charge is 0.226 e. The number of aromatic nitrogens is 3. The Kier molecular flexibility index (Phi) is 4.58. The normalized spacial score (nSPS) is 19.2. The first-order chi connectivity index (χ1) is 15.2. The number of carbonyl (C=O) groups excluding carboxylic acids is 1. The van der Waals surface area contributed by atoms with Crippen LogP contribution in [0.2, 0.25) is 0 Å². The number of carbonyl (C=O) groups is 1. The molecule has 1 unspecified atom stereocenters. The van der Waals surface area contributed by atoms with Crippen LogP contribution in [0, 0.1) is 5.41 Å². The number of anilines is 2. The van der Waals surface area contributed by atoms with Gasteiger partial charge in [0.15, 0.2) is 11.6 Å². The van der Waals surface area contributed by atoms with Gasteiger partial charge in [-0.2, -0.15) is 4.98 Å². The van der Waals surface area contributed by atoms with Gasteiger partial charge in [-0.1, -0.05) is 26.0 Å². The zero-order valence-corrected chi connectivity index (χ0v) is 18.8. The maximum Gasteiger partial charge on any atom is 0.226 e. The van der Waals surface area contributed by atoms with E-state index in [9.17, 15) is 9.90 Å². The summed E-state index contributed by atoms with van der Waals surface area (Å²) in [4.78, 5) is 20.1. The zero-order valence-electron chi connectivity index (χ0n) is 18.8. The Hall–Kier alpha value is -3.61. The zero-order chi connectivity index (χ0) is 22.6. The number of aromatic hydroxyl groups is 1. The van der Waals surface area contributed by atoms with Gasteiger partial charge in [0, 0.05) is 43.0 Å². The molecule has 7 heteroatoms. The molecule has 1 aliphatic carbocycles. The van der Waals surface area contributed by atoms with E-state index in [1.54, 1.807) is 16.8 Å². The second kappa shape index (κ2) is 7.22. The van der Waals surface area contributed by atoms with Crippen LogP contribution in [0.25, 0.3) is 11.4 Å². The Labute approximate surface area is 187 Å². The number of nitrogens with zero attached hydrogens (tertiary/aromatic N) is 4. The molecule has 2 heterocycles. The largest absolute Gasteiger partial charge is 0.508 e. The molecule has 0 radical (unpaired) electrons. The Balaban J connectivity index is 1.63. The van der Waals surface area contributed by atoms with Gasteiger partial charge in [0.05, 0.1) is 0 Å². The Morgan fingerprint density at radius 2 is 1.75 bits per heavy atom. The summed E-state index contributed by atoms with van der Waals surface area (Å²) in [6, 6.07) is 14.7. The number of phenolic OH excluding ortho intramolecular Hbond substituents is 1. The monoisotopic (exact) mass is 429 g/mol. The van der Waals surface area contributed by atoms with Crippen molar-refractivity contribution in [3.05, 3.63) is 65.4 Å². The van der Waals surface area contributed by atoms with Gasteiger partial charge in [-0.3, -0.25) is 4.79 Å². The van der Waals surface area contributed by atoms with Gasteiger partial charge in [-0.15, -0.1) is 5.10 Å². The number of Topliss-reactive ketones (excluding diaryl/α,β-unsaturated/α-hetero) is 1. The molecule has 7 nitrogen and oxygen atoms in total. The number of ketones is 1. The molecule has 0 amide bonds. The Morgan fingerprint density at radius 1 is 1.06 bits per heavy atom. The van der Waals surface area contributed by atoms with Gasteiger partial charge in [-0.25, -0.2) is 4.68 Å². The van der Waals surface area contributed by atoms with Crippen molar-refractivity contribution in [2.24, 2.45) is 5.41 Å². The van der Waals surface area contributed by atoms with Crippen LogP contribution in [0.4, 0.5) is 11.6 Å². The highest BCUT2D eigenvalue weighted by molar-refractivity contribution is 6.00. The summed E-state index contributed by atoms with van der Waals surface area (Å²) in [6.45, 7) is 4.23. The summed E-state index contributed by atoms with van der Waals surface area (Å²) >= 11 is 0. The summed E-state index contributed by atoms with van der Waals surface area (Å²) in [5.41, 5.74) is 4.44. The predicted molar refractivity (Wildman–Crippen MR) is 125 cm³/mol. The lowest BCUT2D eigenvalue weighted by molar-refractivity contribution is -0.118. The molecule has 2 N–H and O–H groups in total. The van der Waals surface area contributed by atoms with Crippen LogP contribution < -0.4 is 10.2 Å². The molecule has 3 aromatic rings. The third-order valence-electron chi connectivity index (χ3n) is 6.18. The van der Waals surface area contributed by atoms with Crippen molar-refractivity contribution in [3.8, 4) is 17.1 Å². The first-order valence-corrected chi connectivity index (χ1v) is 10.8. The van der Waals surface area contributed by atoms with Crippen LogP contribution >= 0.6 is 0 Å². The number of fused-ring (bicyclic) bond motifs is 1. The molecule has 32 heavy (non-hydrogen) atoms. The highest BCUT2D eigenvalue weighted by atomic mass is 16.3. The third-order valence-corrected chi connectivity index (χ3v) is 6.18. The van der Waals surface area contributed by atoms with Crippen LogP contribution in [0.15, 0.2) is 59.8 Å². The van der Waals surface area contributed by atoms with Gasteiger partial charge in [0.25, 0.3) is 0 Å². The van der Waals surface area contributed by atoms with Gasteiger partial charge < -0.3 is 15.3 Å². The van der Waals surface area contributed by atoms with Crippen LogP contribution in [0.1, 0.15) is 38.3 Å². The fourth-order valence-corrected chi connectivity index (χ4v) is 4.60. The van der Waals surface area contributed by atoms with Crippen LogP contribution in [-0.2, 0) is 4.79 Å². The van der Waals surface area contributed by atoms with Crippen LogP contribution in [-0.4, -0.2) is 39.7 Å². The minimum Gasteiger partial charge on any atom is -0.508 e. The van der Waals surface area contributed by atoms with E-state index in [4.69, 9.17) is 10.1 Å². The van der Waals surface area contributed by atoms with Gasteiger partial charge in [0.2, 0.25) is 5.95 Å². The van der Waals surface area contributed by atoms with E-state index in [1.165, 1.54) is 0 Å². The Morgan fingerprint density at radius 3 is 2.41 bits per heavy atom. The van der Waals surface area contributed by atoms with Crippen LogP contribution in [0.5, 0.6) is 5.75 Å². The average Bonchev–Trinajstić information content (AvgIpc) is 3.16. The van der Waals surface area contributed by atoms with E-state index in [-0.39, 0.29) is 23.0 Å². The summed E-state index contributed by atoms with van der Waals surface area (Å²) in [6.07, 6.45) is 1.26. The summed E-state index contributed by atoms with van der Waals surface area (Å²) in [5, 5.41) is 18.0. The van der Waals surface area contributed by atoms with Crippen molar-refractivity contribution in [1.82, 2.24) is 14.8 Å². The first-order valence-electron chi connectivity index (χ1n) is 10.8. The first kappa shape index (κ1) is 20.3. The predicted octanol–water partition coefficient (Wildman–Crippen LogP) is 4.37. The third kappa shape index (κ3) is 3.43. The fraction of sp³-hybridized carbons (Fsp3) is 0.320. The standard InChI is InChI=1S/C25H27N5O2/c1-25(2)13-19-21(20(32)14-25)22(15-7-11-18(31)12-8-15)30-24(26-19)27-23(28-30)16-5-9-17(10-6-16)29(3)4/h5-12,22,31H,13-14H2,1-4H3,(H,26,27,28). The second-order valence-corrected chi connectivity index (χ2v) is 9.60. The number of hydrogen-bond acceptors (Lipinski definition) is 6. The minimum absolute atomic E-state index is 0.116. The van der Waals surface area contributed by atoms with Gasteiger partial charge in [0.1, 0.15) is 11.8 Å². The molecular formula is C25H27N5O2. The number of allylic oxidation sites excluding steroid dienone is 2. The minimum atomic E-state index is -0.382. The maximum atomic E-state index is 13.3. The lowest BCUT2D eigenvalue weighted by Gasteiger charge is -2.38. The molecule has 1 atom stereocenters. The lowest BCUT2D eigenvalue weighted by atomic mass is 9.73. The fourth-order valence-electron chi connectivity index (χ4n) is 4.60. The molecule has 1 aliphatic heterocycles. The van der Waals surface area contributed by atoms with Crippen molar-refractivity contribution in [1.29, 1.82) is 0 Å². The second-order valence-electron chi connectivity index (χ2n) is 9.60. The number of hydrogen-bond donors (Lipinski definition) is 2. The van der Waals surface area contributed by atoms with E-state index in [0.717, 1.165) is 34.5 Å². The van der Waals surface area contributed by atoms with Crippen molar-refractivity contribution < 1.29 is 9.90 Å². The molecule has 1 aromatic heterocycles. The highest BCUT2D eigenvalue weighted by Crippen LogP contribution is 2.45.